The summed E-state index contributed by atoms with van der Waals surface area (Å²) in [7, 11) is 0. The van der Waals surface area contributed by atoms with E-state index in [2.05, 4.69) is 22.9 Å². The highest BCUT2D eigenvalue weighted by Crippen LogP contribution is 2.44. The highest BCUT2D eigenvalue weighted by atomic mass is 16.7. The second-order valence-corrected chi connectivity index (χ2v) is 12.0. The second kappa shape index (κ2) is 14.0. The maximum absolute atomic E-state index is 12.5. The van der Waals surface area contributed by atoms with Gasteiger partial charge in [-0.1, -0.05) is 48.5 Å². The number of hydroxylamine groups is 3. The molecule has 1 aliphatic heterocycles. The van der Waals surface area contributed by atoms with Crippen LogP contribution in [0.2, 0.25) is 0 Å². The third-order valence-corrected chi connectivity index (χ3v) is 7.70. The van der Waals surface area contributed by atoms with Crippen molar-refractivity contribution < 1.29 is 43.1 Å². The molecule has 0 radical (unpaired) electrons. The van der Waals surface area contributed by atoms with E-state index >= 15 is 0 Å². The van der Waals surface area contributed by atoms with E-state index in [4.69, 9.17) is 19.1 Å². The minimum absolute atomic E-state index is 0.0294. The van der Waals surface area contributed by atoms with E-state index < -0.39 is 47.4 Å². The molecule has 1 fully saturated rings. The topological polar surface area (TPSA) is 150 Å². The molecule has 44 heavy (non-hydrogen) atoms. The maximum Gasteiger partial charge on any atom is 0.431 e. The van der Waals surface area contributed by atoms with Crippen LogP contribution in [0.4, 0.5) is 4.79 Å². The number of nitrogens with zero attached hydrogens (tertiary/aromatic N) is 1. The molecule has 0 atom stereocenters. The van der Waals surface area contributed by atoms with Gasteiger partial charge < -0.3 is 19.6 Å². The summed E-state index contributed by atoms with van der Waals surface area (Å²) < 4.78 is 11.3. The number of carbonyl (C=O) groups is 5. The van der Waals surface area contributed by atoms with Crippen LogP contribution in [0.25, 0.3) is 11.1 Å². The van der Waals surface area contributed by atoms with E-state index in [0.29, 0.717) is 11.5 Å². The number of hydrogen-bond donors (Lipinski definition) is 2. The monoisotopic (exact) mass is 609 g/mol. The van der Waals surface area contributed by atoms with Gasteiger partial charge in [0.1, 0.15) is 6.61 Å². The minimum Gasteiger partial charge on any atom is -0.447 e. The molecule has 2 aliphatic rings. The molecule has 1 saturated heterocycles. The molecule has 4 rings (SSSR count). The van der Waals surface area contributed by atoms with Crippen molar-refractivity contribution in [2.45, 2.75) is 64.9 Å². The second-order valence-electron chi connectivity index (χ2n) is 12.0. The van der Waals surface area contributed by atoms with Crippen molar-refractivity contribution in [2.75, 3.05) is 26.4 Å². The Morgan fingerprint density at radius 1 is 0.886 bits per heavy atom. The van der Waals surface area contributed by atoms with Crippen LogP contribution in [0.3, 0.4) is 0 Å². The first kappa shape index (κ1) is 32.6. The molecular weight excluding hydrogens is 570 g/mol. The van der Waals surface area contributed by atoms with Gasteiger partial charge in [0.05, 0.1) is 11.0 Å². The van der Waals surface area contributed by atoms with E-state index in [1.54, 1.807) is 13.8 Å². The van der Waals surface area contributed by atoms with E-state index in [1.165, 1.54) is 0 Å². The van der Waals surface area contributed by atoms with Gasteiger partial charge in [-0.15, -0.1) is 5.06 Å². The van der Waals surface area contributed by atoms with Gasteiger partial charge in [0.15, 0.2) is 6.61 Å². The molecule has 0 bridgehead atoms. The van der Waals surface area contributed by atoms with Crippen LogP contribution in [-0.4, -0.2) is 66.8 Å². The highest BCUT2D eigenvalue weighted by molar-refractivity contribution is 6.01. The van der Waals surface area contributed by atoms with Crippen molar-refractivity contribution in [2.24, 2.45) is 5.41 Å². The molecule has 236 valence electrons. The number of amides is 4. The molecule has 0 unspecified atom stereocenters. The molecule has 2 aromatic rings. The average Bonchev–Trinajstić information content (AvgIpc) is 3.47. The number of benzene rings is 2. The Hall–Kier alpha value is -4.29. The van der Waals surface area contributed by atoms with Crippen molar-refractivity contribution >= 4 is 29.8 Å². The van der Waals surface area contributed by atoms with E-state index in [-0.39, 0.29) is 44.9 Å². The molecule has 2 aromatic carbocycles. The maximum atomic E-state index is 12.5. The predicted molar refractivity (Wildman–Crippen MR) is 157 cm³/mol. The zero-order chi connectivity index (χ0) is 31.9. The zero-order valence-corrected chi connectivity index (χ0v) is 25.5. The summed E-state index contributed by atoms with van der Waals surface area (Å²) in [5.41, 5.74) is 4.95. The van der Waals surface area contributed by atoms with Gasteiger partial charge in [-0.2, -0.15) is 5.48 Å². The molecule has 0 aromatic heterocycles. The molecule has 0 spiro atoms. The molecule has 0 saturated carbocycles. The Morgan fingerprint density at radius 2 is 1.48 bits per heavy atom. The van der Waals surface area contributed by atoms with Crippen molar-refractivity contribution in [1.29, 1.82) is 0 Å². The lowest BCUT2D eigenvalue weighted by Crippen LogP contribution is -2.39. The Balaban J connectivity index is 1.09. The van der Waals surface area contributed by atoms with Gasteiger partial charge in [0.25, 0.3) is 11.8 Å². The summed E-state index contributed by atoms with van der Waals surface area (Å²) in [6.45, 7) is 7.21. The normalized spacial score (nSPS) is 14.7. The summed E-state index contributed by atoms with van der Waals surface area (Å²) in [6.07, 6.45) is 0.0102. The number of nitrogens with one attached hydrogen (secondary N) is 2. The standard InChI is InChI=1S/C32H39N3O9/c1-31(2,29(39)44-35-27(37)13-14-28(35)38)16-18-42-32(3,4)15-17-33-26(36)20-43-34-30(40)41-19-25-23-11-7-5-9-21(23)22-10-6-8-12-24(22)25/h5-12,25H,13-20H2,1-4H3,(H,33,36)(H,34,40). The van der Waals surface area contributed by atoms with E-state index in [9.17, 15) is 24.0 Å². The SMILES string of the molecule is CC(C)(CCNC(=O)CONC(=O)OCC1c2ccccc2-c2ccccc21)OCCC(C)(C)C(=O)ON1C(=O)CCC1=O. The van der Waals surface area contributed by atoms with Crippen LogP contribution in [-0.2, 0) is 38.3 Å². The Labute approximate surface area is 256 Å². The first-order valence-corrected chi connectivity index (χ1v) is 14.6. The van der Waals surface area contributed by atoms with Crippen LogP contribution >= 0.6 is 0 Å². The third kappa shape index (κ3) is 8.20. The average molecular weight is 610 g/mol. The van der Waals surface area contributed by atoms with Crippen LogP contribution in [0.1, 0.15) is 70.4 Å². The van der Waals surface area contributed by atoms with Crippen LogP contribution < -0.4 is 10.8 Å². The van der Waals surface area contributed by atoms with Crippen LogP contribution in [0.5, 0.6) is 0 Å². The molecule has 1 aliphatic carbocycles. The predicted octanol–water partition coefficient (Wildman–Crippen LogP) is 3.78. The lowest BCUT2D eigenvalue weighted by atomic mass is 9.90. The number of imide groups is 1. The lowest BCUT2D eigenvalue weighted by Gasteiger charge is -2.29. The zero-order valence-electron chi connectivity index (χ0n) is 25.5. The lowest BCUT2D eigenvalue weighted by molar-refractivity contribution is -0.205. The molecule has 12 heteroatoms. The molecule has 4 amide bonds. The van der Waals surface area contributed by atoms with Crippen LogP contribution in [0.15, 0.2) is 48.5 Å². The van der Waals surface area contributed by atoms with Crippen LogP contribution in [0, 0.1) is 5.41 Å². The fourth-order valence-corrected chi connectivity index (χ4v) is 4.96. The summed E-state index contributed by atoms with van der Waals surface area (Å²) in [5.74, 6) is -2.28. The summed E-state index contributed by atoms with van der Waals surface area (Å²) in [4.78, 5) is 70.4. The molecular formula is C32H39N3O9. The first-order valence-electron chi connectivity index (χ1n) is 14.6. The Bertz CT molecular complexity index is 1340. The van der Waals surface area contributed by atoms with Gasteiger partial charge >= 0.3 is 12.1 Å². The molecule has 2 N–H and O–H groups in total. The largest absolute Gasteiger partial charge is 0.447 e. The number of carbonyl (C=O) groups excluding carboxylic acids is 5. The summed E-state index contributed by atoms with van der Waals surface area (Å²) >= 11 is 0. The van der Waals surface area contributed by atoms with Crippen molar-refractivity contribution in [3.63, 3.8) is 0 Å². The number of ether oxygens (including phenoxy) is 2. The van der Waals surface area contributed by atoms with Gasteiger partial charge in [0, 0.05) is 31.9 Å². The number of fused-ring (bicyclic) bond motifs is 3. The van der Waals surface area contributed by atoms with Crippen molar-refractivity contribution in [3.05, 3.63) is 59.7 Å². The van der Waals surface area contributed by atoms with Gasteiger partial charge in [-0.3, -0.25) is 19.2 Å². The van der Waals surface area contributed by atoms with E-state index in [0.717, 1.165) is 22.3 Å². The first-order chi connectivity index (χ1) is 20.9. The third-order valence-electron chi connectivity index (χ3n) is 7.70. The molecule has 1 heterocycles. The van der Waals surface area contributed by atoms with Crippen molar-refractivity contribution in [1.82, 2.24) is 15.9 Å². The smallest absolute Gasteiger partial charge is 0.431 e. The quantitative estimate of drug-likeness (QED) is 0.241. The van der Waals surface area contributed by atoms with Gasteiger partial charge in [-0.05, 0) is 62.8 Å². The number of hydrogen-bond acceptors (Lipinski definition) is 9. The number of rotatable bonds is 14. The van der Waals surface area contributed by atoms with E-state index in [1.807, 2.05) is 50.2 Å². The molecule has 12 nitrogen and oxygen atoms in total. The van der Waals surface area contributed by atoms with Gasteiger partial charge in [-0.25, -0.2) is 9.59 Å². The summed E-state index contributed by atoms with van der Waals surface area (Å²) in [6, 6.07) is 16.0. The Morgan fingerprint density at radius 3 is 2.09 bits per heavy atom. The van der Waals surface area contributed by atoms with Gasteiger partial charge in [0.2, 0.25) is 5.91 Å². The highest BCUT2D eigenvalue weighted by Gasteiger charge is 2.38. The summed E-state index contributed by atoms with van der Waals surface area (Å²) in [5, 5.41) is 3.24. The fourth-order valence-electron chi connectivity index (χ4n) is 4.96. The fraction of sp³-hybridized carbons (Fsp3) is 0.469. The minimum atomic E-state index is -0.995. The van der Waals surface area contributed by atoms with Crippen molar-refractivity contribution in [3.8, 4) is 11.1 Å². The Kier molecular flexibility index (Phi) is 10.4.